The molecule has 2 rings (SSSR count). The lowest BCUT2D eigenvalue weighted by molar-refractivity contribution is -0.133. The van der Waals surface area contributed by atoms with Crippen LogP contribution in [0.1, 0.15) is 52.8 Å². The highest BCUT2D eigenvalue weighted by molar-refractivity contribution is 5.46. The lowest BCUT2D eigenvalue weighted by Crippen LogP contribution is -2.57. The molecule has 20 heavy (non-hydrogen) atoms. The molecule has 1 saturated heterocycles. The lowest BCUT2D eigenvalue weighted by atomic mass is 9.98. The summed E-state index contributed by atoms with van der Waals surface area (Å²) in [5.74, 6) is 0. The third kappa shape index (κ3) is 3.49. The van der Waals surface area contributed by atoms with Gasteiger partial charge in [0.25, 0.3) is 0 Å². The Labute approximate surface area is 122 Å². The topological polar surface area (TPSA) is 51.4 Å². The quantitative estimate of drug-likeness (QED) is 0.923. The molecule has 1 aromatic heterocycles. The molecule has 0 amide bonds. The maximum absolute atomic E-state index is 6.11. The summed E-state index contributed by atoms with van der Waals surface area (Å²) < 4.78 is 6.11. The van der Waals surface area contributed by atoms with E-state index in [2.05, 4.69) is 50.6 Å². The highest BCUT2D eigenvalue weighted by Gasteiger charge is 2.38. The van der Waals surface area contributed by atoms with Crippen molar-refractivity contribution in [2.75, 3.05) is 18.0 Å². The molecule has 4 heteroatoms. The minimum atomic E-state index is -0.153. The van der Waals surface area contributed by atoms with Gasteiger partial charge in [0.2, 0.25) is 0 Å². The van der Waals surface area contributed by atoms with Gasteiger partial charge in [-0.1, -0.05) is 6.92 Å². The van der Waals surface area contributed by atoms with Gasteiger partial charge in [0.1, 0.15) is 0 Å². The highest BCUT2D eigenvalue weighted by atomic mass is 16.5. The summed E-state index contributed by atoms with van der Waals surface area (Å²) in [6.45, 7) is 12.4. The summed E-state index contributed by atoms with van der Waals surface area (Å²) in [6.07, 6.45) is 2.84. The normalized spacial score (nSPS) is 22.6. The Kier molecular flexibility index (Phi) is 4.07. The molecule has 112 valence electrons. The average molecular weight is 277 g/mol. The second-order valence-corrected chi connectivity index (χ2v) is 6.93. The molecule has 2 N–H and O–H groups in total. The smallest absolute Gasteiger partial charge is 0.0808 e. The number of nitrogens with two attached hydrogens (primary N) is 1. The molecule has 4 nitrogen and oxygen atoms in total. The molecule has 1 aromatic rings. The number of nitrogens with zero attached hydrogens (tertiary/aromatic N) is 2. The number of hydrogen-bond acceptors (Lipinski definition) is 4. The molecule has 0 unspecified atom stereocenters. The lowest BCUT2D eigenvalue weighted by Gasteiger charge is -2.48. The molecular formula is C16H27N3O. The van der Waals surface area contributed by atoms with Crippen molar-refractivity contribution in [3.8, 4) is 0 Å². The summed E-state index contributed by atoms with van der Waals surface area (Å²) >= 11 is 0. The molecule has 1 atom stereocenters. The van der Waals surface area contributed by atoms with E-state index in [4.69, 9.17) is 10.5 Å². The number of pyridine rings is 1. The molecule has 1 fully saturated rings. The second kappa shape index (κ2) is 5.34. The van der Waals surface area contributed by atoms with Gasteiger partial charge in [-0.2, -0.15) is 0 Å². The first kappa shape index (κ1) is 15.3. The summed E-state index contributed by atoms with van der Waals surface area (Å²) in [6, 6.07) is 4.19. The van der Waals surface area contributed by atoms with E-state index in [0.29, 0.717) is 0 Å². The van der Waals surface area contributed by atoms with Crippen LogP contribution in [0.3, 0.4) is 0 Å². The highest BCUT2D eigenvalue weighted by Crippen LogP contribution is 2.31. The Balaban J connectivity index is 2.18. The number of morpholine rings is 1. The van der Waals surface area contributed by atoms with Crippen molar-refractivity contribution in [2.24, 2.45) is 5.73 Å². The molecule has 0 aliphatic carbocycles. The molecule has 0 saturated carbocycles. The minimum absolute atomic E-state index is 0.0293. The van der Waals surface area contributed by atoms with E-state index in [1.165, 1.54) is 0 Å². The SMILES string of the molecule is CC[C@H](N)c1ccc(N2CC(C)(C)OC(C)(C)C2)cn1. The van der Waals surface area contributed by atoms with Crippen molar-refractivity contribution in [2.45, 2.75) is 58.3 Å². The van der Waals surface area contributed by atoms with E-state index in [1.807, 2.05) is 12.3 Å². The Morgan fingerprint density at radius 3 is 2.30 bits per heavy atom. The van der Waals surface area contributed by atoms with Crippen LogP contribution in [0.4, 0.5) is 5.69 Å². The Bertz CT molecular complexity index is 437. The van der Waals surface area contributed by atoms with Crippen LogP contribution in [0, 0.1) is 0 Å². The maximum Gasteiger partial charge on any atom is 0.0808 e. The molecule has 0 bridgehead atoms. The van der Waals surface area contributed by atoms with Crippen molar-refractivity contribution in [3.63, 3.8) is 0 Å². The number of hydrogen-bond donors (Lipinski definition) is 1. The molecule has 0 aromatic carbocycles. The molecule has 0 radical (unpaired) electrons. The van der Waals surface area contributed by atoms with E-state index < -0.39 is 0 Å². The molecule has 2 heterocycles. The molecule has 0 spiro atoms. The van der Waals surface area contributed by atoms with Gasteiger partial charge in [0.15, 0.2) is 0 Å². The monoisotopic (exact) mass is 277 g/mol. The second-order valence-electron chi connectivity index (χ2n) is 6.93. The van der Waals surface area contributed by atoms with Gasteiger partial charge in [-0.05, 0) is 46.2 Å². The Morgan fingerprint density at radius 1 is 1.25 bits per heavy atom. The summed E-state index contributed by atoms with van der Waals surface area (Å²) in [4.78, 5) is 6.86. The van der Waals surface area contributed by atoms with Gasteiger partial charge in [0.05, 0.1) is 28.8 Å². The first-order valence-corrected chi connectivity index (χ1v) is 7.39. The predicted octanol–water partition coefficient (Wildman–Crippen LogP) is 2.89. The van der Waals surface area contributed by atoms with Crippen LogP contribution in [0.25, 0.3) is 0 Å². The van der Waals surface area contributed by atoms with Crippen LogP contribution in [0.5, 0.6) is 0 Å². The first-order valence-electron chi connectivity index (χ1n) is 7.39. The van der Waals surface area contributed by atoms with Crippen LogP contribution in [-0.4, -0.2) is 29.3 Å². The molecule has 1 aliphatic rings. The fourth-order valence-corrected chi connectivity index (χ4v) is 2.98. The van der Waals surface area contributed by atoms with E-state index in [1.54, 1.807) is 0 Å². The van der Waals surface area contributed by atoms with Crippen molar-refractivity contribution in [1.82, 2.24) is 4.98 Å². The minimum Gasteiger partial charge on any atom is -0.366 e. The average Bonchev–Trinajstić information content (AvgIpc) is 2.34. The largest absolute Gasteiger partial charge is 0.366 e. The summed E-state index contributed by atoms with van der Waals surface area (Å²) in [5.41, 5.74) is 7.81. The molecule has 1 aliphatic heterocycles. The van der Waals surface area contributed by atoms with Crippen molar-refractivity contribution in [3.05, 3.63) is 24.0 Å². The van der Waals surface area contributed by atoms with Gasteiger partial charge in [-0.15, -0.1) is 0 Å². The number of anilines is 1. The zero-order valence-electron chi connectivity index (χ0n) is 13.3. The van der Waals surface area contributed by atoms with Crippen molar-refractivity contribution in [1.29, 1.82) is 0 Å². The van der Waals surface area contributed by atoms with Gasteiger partial charge in [-0.3, -0.25) is 4.98 Å². The Morgan fingerprint density at radius 2 is 1.85 bits per heavy atom. The molecular weight excluding hydrogens is 250 g/mol. The fraction of sp³-hybridized carbons (Fsp3) is 0.688. The zero-order chi connectivity index (χ0) is 15.0. The summed E-state index contributed by atoms with van der Waals surface area (Å²) in [7, 11) is 0. The van der Waals surface area contributed by atoms with E-state index >= 15 is 0 Å². The number of aromatic nitrogens is 1. The van der Waals surface area contributed by atoms with Crippen LogP contribution in [-0.2, 0) is 4.74 Å². The van der Waals surface area contributed by atoms with E-state index in [0.717, 1.165) is 30.9 Å². The van der Waals surface area contributed by atoms with E-state index in [9.17, 15) is 0 Å². The Hall–Kier alpha value is -1.13. The van der Waals surface area contributed by atoms with Crippen LogP contribution in [0.2, 0.25) is 0 Å². The van der Waals surface area contributed by atoms with Gasteiger partial charge >= 0.3 is 0 Å². The van der Waals surface area contributed by atoms with Crippen LogP contribution < -0.4 is 10.6 Å². The van der Waals surface area contributed by atoms with Gasteiger partial charge in [-0.25, -0.2) is 0 Å². The summed E-state index contributed by atoms with van der Waals surface area (Å²) in [5, 5.41) is 0. The van der Waals surface area contributed by atoms with Crippen molar-refractivity contribution < 1.29 is 4.74 Å². The number of rotatable bonds is 3. The van der Waals surface area contributed by atoms with E-state index in [-0.39, 0.29) is 17.2 Å². The van der Waals surface area contributed by atoms with Crippen LogP contribution >= 0.6 is 0 Å². The third-order valence-electron chi connectivity index (χ3n) is 3.65. The maximum atomic E-state index is 6.11. The van der Waals surface area contributed by atoms with Gasteiger partial charge in [0, 0.05) is 19.1 Å². The van der Waals surface area contributed by atoms with Crippen molar-refractivity contribution >= 4 is 5.69 Å². The third-order valence-corrected chi connectivity index (χ3v) is 3.65. The van der Waals surface area contributed by atoms with Crippen LogP contribution in [0.15, 0.2) is 18.3 Å². The van der Waals surface area contributed by atoms with Gasteiger partial charge < -0.3 is 15.4 Å². The zero-order valence-corrected chi connectivity index (χ0v) is 13.3. The fourth-order valence-electron chi connectivity index (χ4n) is 2.98. The first-order chi connectivity index (χ1) is 9.22. The number of ether oxygens (including phenoxy) is 1. The standard InChI is InChI=1S/C16H27N3O/c1-6-13(17)14-8-7-12(9-18-14)19-10-15(2,3)20-16(4,5)11-19/h7-9,13H,6,10-11,17H2,1-5H3/t13-/m0/s1. The predicted molar refractivity (Wildman–Crippen MR) is 82.9 cm³/mol.